The summed E-state index contributed by atoms with van der Waals surface area (Å²) in [6.07, 6.45) is 1.08. The van der Waals surface area contributed by atoms with Crippen LogP contribution in [0, 0.1) is 12.3 Å². The number of amides is 1. The highest BCUT2D eigenvalue weighted by Gasteiger charge is 2.57. The number of alkyl halides is 3. The van der Waals surface area contributed by atoms with Gasteiger partial charge in [0.15, 0.2) is 0 Å². The minimum Gasteiger partial charge on any atom is -0.480 e. The molecule has 8 heteroatoms. The Morgan fingerprint density at radius 2 is 1.71 bits per heavy atom. The van der Waals surface area contributed by atoms with Crippen molar-refractivity contribution in [3.05, 3.63) is 0 Å². The van der Waals surface area contributed by atoms with Gasteiger partial charge in [-0.1, -0.05) is 19.8 Å². The molecule has 1 unspecified atom stereocenters. The lowest BCUT2D eigenvalue weighted by Crippen LogP contribution is -2.62. The Morgan fingerprint density at radius 1 is 1.24 bits per heavy atom. The molecule has 0 saturated carbocycles. The number of aliphatic carboxylic acids is 1. The average Bonchev–Trinajstić information content (AvgIpc) is 2.40. The fourth-order valence-corrected chi connectivity index (χ4v) is 1.53. The summed E-state index contributed by atoms with van der Waals surface area (Å²) < 4.78 is 38.2. The van der Waals surface area contributed by atoms with Crippen molar-refractivity contribution in [3.63, 3.8) is 0 Å². The third-order valence-electron chi connectivity index (χ3n) is 3.46. The van der Waals surface area contributed by atoms with Crippen LogP contribution in [0.25, 0.3) is 0 Å². The third kappa shape index (κ3) is 4.36. The SMILES string of the molecule is C#CC(CC)(CC)NC(=O)CNC(C)(C(=O)O)C(F)(F)F. The number of carboxylic acid groups (broad SMARTS) is 1. The molecule has 0 saturated heterocycles. The maximum atomic E-state index is 12.7. The van der Waals surface area contributed by atoms with Crippen molar-refractivity contribution < 1.29 is 27.9 Å². The molecule has 0 heterocycles. The zero-order valence-electron chi connectivity index (χ0n) is 12.1. The molecule has 1 amide bonds. The molecule has 0 aliphatic carbocycles. The van der Waals surface area contributed by atoms with Gasteiger partial charge in [-0.3, -0.25) is 10.1 Å². The monoisotopic (exact) mass is 308 g/mol. The van der Waals surface area contributed by atoms with Crippen LogP contribution in [0.2, 0.25) is 0 Å². The van der Waals surface area contributed by atoms with Crippen LogP contribution >= 0.6 is 0 Å². The normalized spacial score (nSPS) is 14.9. The lowest BCUT2D eigenvalue weighted by atomic mass is 9.94. The van der Waals surface area contributed by atoms with Crippen molar-refractivity contribution >= 4 is 11.9 Å². The Morgan fingerprint density at radius 3 is 2.00 bits per heavy atom. The van der Waals surface area contributed by atoms with E-state index in [1.165, 1.54) is 0 Å². The molecule has 21 heavy (non-hydrogen) atoms. The quantitative estimate of drug-likeness (QED) is 0.619. The van der Waals surface area contributed by atoms with Crippen LogP contribution in [0.4, 0.5) is 13.2 Å². The van der Waals surface area contributed by atoms with Crippen molar-refractivity contribution in [2.24, 2.45) is 0 Å². The lowest BCUT2D eigenvalue weighted by Gasteiger charge is -2.30. The van der Waals surface area contributed by atoms with E-state index in [2.05, 4.69) is 11.2 Å². The van der Waals surface area contributed by atoms with E-state index in [0.29, 0.717) is 19.8 Å². The number of terminal acetylenes is 1. The summed E-state index contributed by atoms with van der Waals surface area (Å²) >= 11 is 0. The minimum atomic E-state index is -5.04. The van der Waals surface area contributed by atoms with E-state index in [0.717, 1.165) is 0 Å². The molecule has 0 spiro atoms. The number of carbonyl (C=O) groups excluding carboxylic acids is 1. The number of nitrogens with one attached hydrogen (secondary N) is 2. The van der Waals surface area contributed by atoms with Gasteiger partial charge in [0, 0.05) is 0 Å². The largest absolute Gasteiger partial charge is 0.480 e. The van der Waals surface area contributed by atoms with E-state index in [-0.39, 0.29) is 0 Å². The summed E-state index contributed by atoms with van der Waals surface area (Å²) in [7, 11) is 0. The van der Waals surface area contributed by atoms with E-state index < -0.39 is 35.7 Å². The highest BCUT2D eigenvalue weighted by atomic mass is 19.4. The first-order valence-corrected chi connectivity index (χ1v) is 6.32. The molecule has 120 valence electrons. The number of hydrogen-bond donors (Lipinski definition) is 3. The molecule has 0 fully saturated rings. The molecule has 5 nitrogen and oxygen atoms in total. The highest BCUT2D eigenvalue weighted by molar-refractivity contribution is 5.83. The average molecular weight is 308 g/mol. The molecule has 0 aliphatic heterocycles. The van der Waals surface area contributed by atoms with E-state index in [4.69, 9.17) is 11.5 Å². The lowest BCUT2D eigenvalue weighted by molar-refractivity contribution is -0.205. The van der Waals surface area contributed by atoms with Crippen molar-refractivity contribution in [3.8, 4) is 12.3 Å². The molecule has 3 N–H and O–H groups in total. The van der Waals surface area contributed by atoms with E-state index in [1.54, 1.807) is 19.2 Å². The summed E-state index contributed by atoms with van der Waals surface area (Å²) in [6.45, 7) is 3.10. The number of hydrogen-bond acceptors (Lipinski definition) is 3. The van der Waals surface area contributed by atoms with Crippen LogP contribution in [0.3, 0.4) is 0 Å². The molecule has 0 aliphatic rings. The Kier molecular flexibility index (Phi) is 6.24. The van der Waals surface area contributed by atoms with Gasteiger partial charge < -0.3 is 10.4 Å². The van der Waals surface area contributed by atoms with Gasteiger partial charge in [0.2, 0.25) is 11.4 Å². The fourth-order valence-electron chi connectivity index (χ4n) is 1.53. The number of carboxylic acids is 1. The van der Waals surface area contributed by atoms with Gasteiger partial charge in [0.05, 0.1) is 6.54 Å². The minimum absolute atomic E-state index is 0.404. The number of rotatable bonds is 7. The number of halogens is 3. The molecule has 0 radical (unpaired) electrons. The van der Waals surface area contributed by atoms with E-state index in [9.17, 15) is 22.8 Å². The second kappa shape index (κ2) is 6.80. The fraction of sp³-hybridized carbons (Fsp3) is 0.692. The maximum absolute atomic E-state index is 12.7. The van der Waals surface area contributed by atoms with E-state index in [1.807, 2.05) is 0 Å². The van der Waals surface area contributed by atoms with Crippen LogP contribution in [-0.2, 0) is 9.59 Å². The standard InChI is InChI=1S/C13H19F3N2O3/c1-5-12(6-2,7-3)18-9(19)8-17-11(4,10(20)21)13(14,15)16/h1,17H,6-8H2,2-4H3,(H,18,19)(H,20,21). The second-order valence-electron chi connectivity index (χ2n) is 4.76. The van der Waals surface area contributed by atoms with Gasteiger partial charge >= 0.3 is 12.1 Å². The predicted octanol–water partition coefficient (Wildman–Crippen LogP) is 1.29. The molecular formula is C13H19F3N2O3. The summed E-state index contributed by atoms with van der Waals surface area (Å²) in [5, 5.41) is 12.9. The molecule has 0 bridgehead atoms. The number of carbonyl (C=O) groups is 2. The van der Waals surface area contributed by atoms with Crippen LogP contribution < -0.4 is 10.6 Å². The maximum Gasteiger partial charge on any atom is 0.417 e. The Labute approximate surface area is 121 Å². The molecule has 0 aromatic heterocycles. The molecule has 0 aromatic carbocycles. The Bertz CT molecular complexity index is 439. The van der Waals surface area contributed by atoms with Crippen molar-refractivity contribution in [1.82, 2.24) is 10.6 Å². The zero-order valence-corrected chi connectivity index (χ0v) is 12.1. The summed E-state index contributed by atoms with van der Waals surface area (Å²) in [5.74, 6) is -0.514. The summed E-state index contributed by atoms with van der Waals surface area (Å²) in [6, 6.07) is 0. The van der Waals surface area contributed by atoms with Gasteiger partial charge in [0.1, 0.15) is 5.54 Å². The topological polar surface area (TPSA) is 78.4 Å². The van der Waals surface area contributed by atoms with Crippen LogP contribution in [0.5, 0.6) is 0 Å². The van der Waals surface area contributed by atoms with E-state index >= 15 is 0 Å². The predicted molar refractivity (Wildman–Crippen MR) is 70.4 cm³/mol. The van der Waals surface area contributed by atoms with Gasteiger partial charge in [-0.05, 0) is 19.8 Å². The van der Waals surface area contributed by atoms with Crippen LogP contribution in [-0.4, -0.2) is 40.8 Å². The Balaban J connectivity index is 4.90. The van der Waals surface area contributed by atoms with Crippen molar-refractivity contribution in [2.45, 2.75) is 50.9 Å². The molecule has 0 aromatic rings. The van der Waals surface area contributed by atoms with Crippen LogP contribution in [0.1, 0.15) is 33.6 Å². The summed E-state index contributed by atoms with van der Waals surface area (Å²) in [4.78, 5) is 22.5. The van der Waals surface area contributed by atoms with Gasteiger partial charge in [-0.15, -0.1) is 6.42 Å². The smallest absolute Gasteiger partial charge is 0.417 e. The van der Waals surface area contributed by atoms with Crippen molar-refractivity contribution in [2.75, 3.05) is 6.54 Å². The molecule has 1 atom stereocenters. The first-order valence-electron chi connectivity index (χ1n) is 6.32. The molecular weight excluding hydrogens is 289 g/mol. The highest BCUT2D eigenvalue weighted by Crippen LogP contribution is 2.30. The van der Waals surface area contributed by atoms with Gasteiger partial charge in [0.25, 0.3) is 0 Å². The van der Waals surface area contributed by atoms with Crippen LogP contribution in [0.15, 0.2) is 0 Å². The second-order valence-corrected chi connectivity index (χ2v) is 4.76. The van der Waals surface area contributed by atoms with Gasteiger partial charge in [-0.25, -0.2) is 4.79 Å². The molecule has 0 rings (SSSR count). The van der Waals surface area contributed by atoms with Crippen molar-refractivity contribution in [1.29, 1.82) is 0 Å². The first-order chi connectivity index (χ1) is 9.48. The zero-order chi connectivity index (χ0) is 16.9. The Hall–Kier alpha value is -1.75. The first kappa shape index (κ1) is 19.2. The van der Waals surface area contributed by atoms with Gasteiger partial charge in [-0.2, -0.15) is 13.2 Å². The third-order valence-corrected chi connectivity index (χ3v) is 3.46. The summed E-state index contributed by atoms with van der Waals surface area (Å²) in [5.41, 5.74) is -4.15.